The van der Waals surface area contributed by atoms with E-state index in [1.54, 1.807) is 0 Å². The number of anilines is 1. The van der Waals surface area contributed by atoms with Gasteiger partial charge >= 0.3 is 0 Å². The van der Waals surface area contributed by atoms with Gasteiger partial charge in [-0.15, -0.1) is 0 Å². The molecule has 3 nitrogen and oxygen atoms in total. The minimum Gasteiger partial charge on any atom is -0.256 e. The Morgan fingerprint density at radius 3 is 2.23 bits per heavy atom. The van der Waals surface area contributed by atoms with Crippen LogP contribution in [0, 0.1) is 31.3 Å². The molecule has 0 N–H and O–H groups in total. The summed E-state index contributed by atoms with van der Waals surface area (Å²) in [5.41, 5.74) is 0.389. The molecule has 0 amide bonds. The van der Waals surface area contributed by atoms with Crippen molar-refractivity contribution in [1.29, 1.82) is 0 Å². The molecule has 0 aliphatic rings. The van der Waals surface area contributed by atoms with Crippen LogP contribution < -0.4 is 4.31 Å². The van der Waals surface area contributed by atoms with Crippen LogP contribution in [-0.4, -0.2) is 8.42 Å². The highest BCUT2D eigenvalue weighted by Gasteiger charge is 2.33. The second-order valence-electron chi connectivity index (χ2n) is 6.83. The molecule has 1 atom stereocenters. The van der Waals surface area contributed by atoms with Crippen LogP contribution in [0.25, 0.3) is 0 Å². The number of sulfonamides is 1. The predicted octanol–water partition coefficient (Wildman–Crippen LogP) is 6.20. The maximum absolute atomic E-state index is 14.7. The molecule has 0 fully saturated rings. The molecule has 30 heavy (non-hydrogen) atoms. The van der Waals surface area contributed by atoms with Crippen LogP contribution in [0.2, 0.25) is 5.02 Å². The molecule has 8 heteroatoms. The number of hydrogen-bond acceptors (Lipinski definition) is 2. The highest BCUT2D eigenvalue weighted by molar-refractivity contribution is 7.92. The van der Waals surface area contributed by atoms with Gasteiger partial charge in [-0.05, 0) is 79.9 Å². The summed E-state index contributed by atoms with van der Waals surface area (Å²) < 4.78 is 70.3. The minimum absolute atomic E-state index is 0.160. The molecule has 1 radical (unpaired) electrons. The number of halogens is 4. The number of hydrogen-bond donors (Lipinski definition) is 0. The standard InChI is InChI=1S/C22H18ClF3NO2S/c1-13-11-21(26)14(2)10-19(13)15(3)27(22-12-17(24)6-9-20(22)25)30(28,29)18-7-4-16(23)5-8-18/h4-12,15H,1H2,2-3H3/t15-/m1/s1. The smallest absolute Gasteiger partial charge is 0.256 e. The first kappa shape index (κ1) is 22.2. The molecule has 0 heterocycles. The number of rotatable bonds is 5. The molecule has 0 spiro atoms. The third-order valence-electron chi connectivity index (χ3n) is 4.74. The summed E-state index contributed by atoms with van der Waals surface area (Å²) in [6.45, 7) is 6.80. The van der Waals surface area contributed by atoms with Crippen molar-refractivity contribution in [3.8, 4) is 0 Å². The first-order valence-electron chi connectivity index (χ1n) is 8.89. The van der Waals surface area contributed by atoms with E-state index in [-0.39, 0.29) is 16.0 Å². The Bertz CT molecular complexity index is 1200. The molecule has 0 saturated heterocycles. The summed E-state index contributed by atoms with van der Waals surface area (Å²) >= 11 is 5.85. The fourth-order valence-electron chi connectivity index (χ4n) is 3.18. The van der Waals surface area contributed by atoms with E-state index in [2.05, 4.69) is 6.92 Å². The van der Waals surface area contributed by atoms with Crippen molar-refractivity contribution in [2.45, 2.75) is 24.8 Å². The Hall–Kier alpha value is -2.51. The lowest BCUT2D eigenvalue weighted by Gasteiger charge is -2.32. The largest absolute Gasteiger partial charge is 0.264 e. The van der Waals surface area contributed by atoms with Crippen molar-refractivity contribution in [2.75, 3.05) is 4.31 Å². The molecule has 0 bridgehead atoms. The molecule has 0 unspecified atom stereocenters. The maximum atomic E-state index is 14.7. The molecule has 0 aliphatic carbocycles. The second kappa shape index (κ2) is 8.32. The van der Waals surface area contributed by atoms with Gasteiger partial charge in [0.15, 0.2) is 0 Å². The van der Waals surface area contributed by atoms with Crippen LogP contribution in [0.5, 0.6) is 0 Å². The Morgan fingerprint density at radius 1 is 0.967 bits per heavy atom. The van der Waals surface area contributed by atoms with Crippen LogP contribution >= 0.6 is 11.6 Å². The highest BCUT2D eigenvalue weighted by atomic mass is 35.5. The summed E-state index contributed by atoms with van der Waals surface area (Å²) in [7, 11) is -4.35. The number of aryl methyl sites for hydroxylation is 1. The molecule has 3 aromatic carbocycles. The Kier molecular flexibility index (Phi) is 6.15. The average Bonchev–Trinajstić information content (AvgIpc) is 2.67. The van der Waals surface area contributed by atoms with Crippen LogP contribution in [-0.2, 0) is 10.0 Å². The highest BCUT2D eigenvalue weighted by Crippen LogP contribution is 2.37. The third-order valence-corrected chi connectivity index (χ3v) is 6.89. The Labute approximate surface area is 178 Å². The van der Waals surface area contributed by atoms with Gasteiger partial charge in [-0.2, -0.15) is 0 Å². The topological polar surface area (TPSA) is 37.4 Å². The van der Waals surface area contributed by atoms with E-state index < -0.39 is 39.2 Å². The second-order valence-corrected chi connectivity index (χ2v) is 9.08. The quantitative estimate of drug-likeness (QED) is 0.462. The summed E-state index contributed by atoms with van der Waals surface area (Å²) in [5, 5.41) is 0.319. The van der Waals surface area contributed by atoms with Gasteiger partial charge < -0.3 is 0 Å². The normalized spacial score (nSPS) is 12.6. The molecule has 0 aromatic heterocycles. The van der Waals surface area contributed by atoms with Crippen molar-refractivity contribution < 1.29 is 21.6 Å². The number of benzene rings is 3. The molecule has 0 saturated carbocycles. The zero-order valence-electron chi connectivity index (χ0n) is 16.2. The monoisotopic (exact) mass is 452 g/mol. The van der Waals surface area contributed by atoms with Gasteiger partial charge in [0.25, 0.3) is 10.0 Å². The maximum Gasteiger partial charge on any atom is 0.264 e. The fraction of sp³-hybridized carbons (Fsp3) is 0.136. The lowest BCUT2D eigenvalue weighted by Crippen LogP contribution is -2.35. The van der Waals surface area contributed by atoms with Crippen molar-refractivity contribution in [2.24, 2.45) is 0 Å². The van der Waals surface area contributed by atoms with Crippen molar-refractivity contribution >= 4 is 27.3 Å². The van der Waals surface area contributed by atoms with Gasteiger partial charge in [-0.1, -0.05) is 17.7 Å². The molecule has 0 aliphatic heterocycles. The summed E-state index contributed by atoms with van der Waals surface area (Å²) in [6.07, 6.45) is 0. The van der Waals surface area contributed by atoms with E-state index in [0.717, 1.165) is 22.5 Å². The van der Waals surface area contributed by atoms with E-state index >= 15 is 0 Å². The summed E-state index contributed by atoms with van der Waals surface area (Å²) in [6, 6.07) is 9.47. The van der Waals surface area contributed by atoms with E-state index in [0.29, 0.717) is 10.6 Å². The van der Waals surface area contributed by atoms with Gasteiger partial charge in [0.1, 0.15) is 17.5 Å². The lowest BCUT2D eigenvalue weighted by atomic mass is 9.99. The van der Waals surface area contributed by atoms with Gasteiger partial charge in [0, 0.05) is 11.1 Å². The van der Waals surface area contributed by atoms with E-state index in [1.165, 1.54) is 50.2 Å². The summed E-state index contributed by atoms with van der Waals surface area (Å²) in [5.74, 6) is -2.23. The van der Waals surface area contributed by atoms with Gasteiger partial charge in [-0.25, -0.2) is 21.6 Å². The Balaban J connectivity index is 2.26. The molecular formula is C22H18ClF3NO2S. The van der Waals surface area contributed by atoms with Crippen LogP contribution in [0.3, 0.4) is 0 Å². The fourth-order valence-corrected chi connectivity index (χ4v) is 4.94. The number of nitrogens with zero attached hydrogens (tertiary/aromatic N) is 1. The van der Waals surface area contributed by atoms with Gasteiger partial charge in [-0.3, -0.25) is 4.31 Å². The zero-order valence-corrected chi connectivity index (χ0v) is 17.7. The van der Waals surface area contributed by atoms with Crippen molar-refractivity contribution in [1.82, 2.24) is 0 Å². The molecular weight excluding hydrogens is 435 g/mol. The van der Waals surface area contributed by atoms with E-state index in [1.807, 2.05) is 0 Å². The third kappa shape index (κ3) is 4.18. The van der Waals surface area contributed by atoms with Crippen LogP contribution in [0.15, 0.2) is 59.5 Å². The molecule has 3 rings (SSSR count). The first-order valence-corrected chi connectivity index (χ1v) is 10.7. The van der Waals surface area contributed by atoms with Crippen LogP contribution in [0.1, 0.15) is 29.7 Å². The first-order chi connectivity index (χ1) is 14.0. The minimum atomic E-state index is -4.35. The van der Waals surface area contributed by atoms with Crippen molar-refractivity contribution in [3.05, 3.63) is 101 Å². The van der Waals surface area contributed by atoms with Gasteiger partial charge in [0.2, 0.25) is 0 Å². The van der Waals surface area contributed by atoms with Crippen molar-refractivity contribution in [3.63, 3.8) is 0 Å². The average molecular weight is 453 g/mol. The van der Waals surface area contributed by atoms with Gasteiger partial charge in [0.05, 0.1) is 16.6 Å². The molecule has 157 valence electrons. The predicted molar refractivity (Wildman–Crippen MR) is 111 cm³/mol. The zero-order chi connectivity index (χ0) is 22.2. The summed E-state index contributed by atoms with van der Waals surface area (Å²) in [4.78, 5) is -0.160. The Morgan fingerprint density at radius 2 is 1.60 bits per heavy atom. The van der Waals surface area contributed by atoms with E-state index in [9.17, 15) is 21.6 Å². The lowest BCUT2D eigenvalue weighted by molar-refractivity contribution is 0.569. The van der Waals surface area contributed by atoms with Crippen LogP contribution in [0.4, 0.5) is 18.9 Å². The van der Waals surface area contributed by atoms with E-state index in [4.69, 9.17) is 11.6 Å². The molecule has 3 aromatic rings. The SMILES string of the molecule is [CH2]c1cc(F)c(C)cc1[C@@H](C)N(c1cc(F)ccc1F)S(=O)(=O)c1ccc(Cl)cc1.